The van der Waals surface area contributed by atoms with Crippen molar-refractivity contribution < 1.29 is 71.9 Å². The van der Waals surface area contributed by atoms with Crippen LogP contribution < -0.4 is 9.47 Å². The number of aliphatic hydroxyl groups excluding tert-OH is 1. The van der Waals surface area contributed by atoms with Crippen LogP contribution in [0.5, 0.6) is 11.5 Å². The van der Waals surface area contributed by atoms with Gasteiger partial charge in [0.1, 0.15) is 23.7 Å². The maximum absolute atomic E-state index is 13.3. The Balaban J connectivity index is 1.88. The lowest BCUT2D eigenvalue weighted by Gasteiger charge is -2.41. The Bertz CT molecular complexity index is 1540. The summed E-state index contributed by atoms with van der Waals surface area (Å²) in [5.41, 5.74) is -0.113. The van der Waals surface area contributed by atoms with Crippen molar-refractivity contribution in [3.8, 4) is 11.5 Å². The van der Waals surface area contributed by atoms with Gasteiger partial charge in [0.05, 0.1) is 18.6 Å². The summed E-state index contributed by atoms with van der Waals surface area (Å²) in [7, 11) is -0.572. The van der Waals surface area contributed by atoms with Gasteiger partial charge in [0.25, 0.3) is 5.69 Å². The van der Waals surface area contributed by atoms with Gasteiger partial charge in [0.2, 0.25) is 6.29 Å². The van der Waals surface area contributed by atoms with Gasteiger partial charge >= 0.3 is 30.0 Å². The molecule has 18 heteroatoms. The lowest BCUT2D eigenvalue weighted by atomic mass is 9.98. The number of ether oxygens (including phenoxy) is 8. The van der Waals surface area contributed by atoms with Crippen molar-refractivity contribution in [3.63, 3.8) is 0 Å². The molecular weight excluding hydrogens is 670 g/mol. The van der Waals surface area contributed by atoms with Crippen molar-refractivity contribution >= 4 is 43.8 Å². The molecule has 266 valence electrons. The highest BCUT2D eigenvalue weighted by Crippen LogP contribution is 2.31. The lowest BCUT2D eigenvalue weighted by molar-refractivity contribution is -0.384. The van der Waals surface area contributed by atoms with Gasteiger partial charge < -0.3 is 43.0 Å². The topological polar surface area (TPSA) is 223 Å². The van der Waals surface area contributed by atoms with E-state index in [4.69, 9.17) is 37.9 Å². The van der Waals surface area contributed by atoms with E-state index in [-0.39, 0.29) is 34.9 Å². The van der Waals surface area contributed by atoms with E-state index in [1.54, 1.807) is 0 Å². The van der Waals surface area contributed by atoms with Gasteiger partial charge in [-0.2, -0.15) is 0 Å². The average molecular weight is 708 g/mol. The van der Waals surface area contributed by atoms with Crippen LogP contribution in [0.3, 0.4) is 0 Å². The summed E-state index contributed by atoms with van der Waals surface area (Å²) in [6, 6.07) is 9.35. The molecule has 0 spiro atoms. The van der Waals surface area contributed by atoms with Crippen LogP contribution in [0.2, 0.25) is 25.7 Å². The SMILES string of the molecule is COC(=O)[C@H]1O[C@@H](Oc2ccc(COC(=O)Oc3ccc([N+](=O)[O-])cc3)cc2C(=O)OCC[Si](C)(C)C)[C@H](O)[C@@H](OC(C)=O)[C@@H]1OC(C)=O. The van der Waals surface area contributed by atoms with E-state index in [2.05, 4.69) is 19.6 Å². The molecule has 0 bridgehead atoms. The first kappa shape index (κ1) is 38.4. The van der Waals surface area contributed by atoms with E-state index in [0.29, 0.717) is 6.04 Å². The molecule has 0 radical (unpaired) electrons. The first-order valence-corrected chi connectivity index (χ1v) is 18.5. The average Bonchev–Trinajstić information content (AvgIpc) is 3.02. The molecule has 1 fully saturated rings. The Kier molecular flexibility index (Phi) is 13.2. The Morgan fingerprint density at radius 1 is 0.939 bits per heavy atom. The molecule has 0 aromatic heterocycles. The quantitative estimate of drug-likeness (QED) is 0.0787. The first-order chi connectivity index (χ1) is 23.0. The second kappa shape index (κ2) is 16.8. The fraction of sp³-hybridized carbons (Fsp3) is 0.452. The van der Waals surface area contributed by atoms with Crippen LogP contribution >= 0.6 is 0 Å². The smallest absolute Gasteiger partial charge is 0.467 e. The zero-order chi connectivity index (χ0) is 36.5. The van der Waals surface area contributed by atoms with Crippen molar-refractivity contribution in [1.29, 1.82) is 0 Å². The zero-order valence-corrected chi connectivity index (χ0v) is 28.6. The molecule has 49 heavy (non-hydrogen) atoms. The minimum Gasteiger partial charge on any atom is -0.467 e. The fourth-order valence-corrected chi connectivity index (χ4v) is 5.08. The van der Waals surface area contributed by atoms with Crippen LogP contribution in [0, 0.1) is 10.1 Å². The van der Waals surface area contributed by atoms with Crippen molar-refractivity contribution in [2.24, 2.45) is 0 Å². The molecule has 2 aromatic carbocycles. The molecular formula is C31H37NO16Si. The molecule has 2 aromatic rings. The van der Waals surface area contributed by atoms with E-state index < -0.39 is 80.3 Å². The molecule has 0 saturated carbocycles. The van der Waals surface area contributed by atoms with E-state index in [9.17, 15) is 39.2 Å². The number of rotatable bonds is 13. The predicted octanol–water partition coefficient (Wildman–Crippen LogP) is 3.31. The standard InChI is InChI=1S/C31H37NO16Si/c1-17(33)44-25-24(35)30(48-27(29(37)41-3)26(25)45-18(2)34)47-23-12-7-19(15-22(23)28(36)42-13-14-49(4,5)6)16-43-31(38)46-21-10-8-20(9-11-21)32(39)40/h7-12,15,24-27,30,35H,13-14,16H2,1-6H3/t24-,25-,26+,27+,30-/m1/s1. The maximum atomic E-state index is 13.3. The molecule has 0 aliphatic carbocycles. The summed E-state index contributed by atoms with van der Waals surface area (Å²) in [5.74, 6) is -3.84. The molecule has 1 aliphatic rings. The summed E-state index contributed by atoms with van der Waals surface area (Å²) in [6.45, 7) is 8.03. The highest BCUT2D eigenvalue weighted by molar-refractivity contribution is 6.76. The molecule has 0 unspecified atom stereocenters. The van der Waals surface area contributed by atoms with Crippen LogP contribution in [0.1, 0.15) is 29.8 Å². The van der Waals surface area contributed by atoms with Crippen LogP contribution in [-0.4, -0.2) is 92.6 Å². The van der Waals surface area contributed by atoms with Gasteiger partial charge in [0, 0.05) is 34.1 Å². The second-order valence-electron chi connectivity index (χ2n) is 11.9. The summed E-state index contributed by atoms with van der Waals surface area (Å²) in [4.78, 5) is 72.2. The molecule has 17 nitrogen and oxygen atoms in total. The monoisotopic (exact) mass is 707 g/mol. The van der Waals surface area contributed by atoms with E-state index >= 15 is 0 Å². The number of carbonyl (C=O) groups is 5. The number of esters is 4. The number of hydrogen-bond donors (Lipinski definition) is 1. The summed E-state index contributed by atoms with van der Waals surface area (Å²) in [6.07, 6.45) is -9.73. The van der Waals surface area contributed by atoms with Crippen molar-refractivity contribution in [2.45, 2.75) is 76.8 Å². The van der Waals surface area contributed by atoms with Gasteiger partial charge in [-0.25, -0.2) is 14.4 Å². The number of nitro benzene ring substituents is 1. The number of aliphatic hydroxyl groups is 1. The van der Waals surface area contributed by atoms with E-state index in [0.717, 1.165) is 33.1 Å². The number of methoxy groups -OCH3 is 1. The molecule has 5 atom stereocenters. The van der Waals surface area contributed by atoms with Crippen LogP contribution in [0.4, 0.5) is 10.5 Å². The number of benzene rings is 2. The summed E-state index contributed by atoms with van der Waals surface area (Å²) in [5, 5.41) is 22.0. The lowest BCUT2D eigenvalue weighted by Crippen LogP contribution is -2.63. The number of carbonyl (C=O) groups excluding carboxylic acids is 5. The number of nitrogens with zero attached hydrogens (tertiary/aromatic N) is 1. The minimum absolute atomic E-state index is 0.00897. The second-order valence-corrected chi connectivity index (χ2v) is 17.5. The molecule has 1 saturated heterocycles. The molecule has 0 amide bonds. The van der Waals surface area contributed by atoms with Gasteiger partial charge in [-0.05, 0) is 35.9 Å². The van der Waals surface area contributed by atoms with Gasteiger partial charge in [-0.3, -0.25) is 19.7 Å². The van der Waals surface area contributed by atoms with E-state index in [1.807, 2.05) is 0 Å². The molecule has 1 heterocycles. The Morgan fingerprint density at radius 2 is 1.57 bits per heavy atom. The third-order valence-electron chi connectivity index (χ3n) is 6.75. The molecule has 3 rings (SSSR count). The number of non-ortho nitro benzene ring substituents is 1. The predicted molar refractivity (Wildman–Crippen MR) is 167 cm³/mol. The Hall–Kier alpha value is -5.07. The van der Waals surface area contributed by atoms with Crippen molar-refractivity contribution in [3.05, 3.63) is 63.7 Å². The van der Waals surface area contributed by atoms with Crippen molar-refractivity contribution in [1.82, 2.24) is 0 Å². The molecule has 1 aliphatic heterocycles. The third-order valence-corrected chi connectivity index (χ3v) is 8.46. The van der Waals surface area contributed by atoms with Gasteiger partial charge in [0.15, 0.2) is 24.4 Å². The molecule has 1 N–H and O–H groups in total. The van der Waals surface area contributed by atoms with E-state index in [1.165, 1.54) is 30.3 Å². The number of hydrogen-bond acceptors (Lipinski definition) is 16. The summed E-state index contributed by atoms with van der Waals surface area (Å²) >= 11 is 0. The van der Waals surface area contributed by atoms with Crippen LogP contribution in [-0.2, 0) is 49.4 Å². The fourth-order valence-electron chi connectivity index (χ4n) is 4.36. The Labute approximate surface area is 281 Å². The minimum atomic E-state index is -1.85. The maximum Gasteiger partial charge on any atom is 0.514 e. The van der Waals surface area contributed by atoms with Gasteiger partial charge in [-0.1, -0.05) is 25.7 Å². The number of nitro groups is 1. The summed E-state index contributed by atoms with van der Waals surface area (Å²) < 4.78 is 42.3. The van der Waals surface area contributed by atoms with Crippen molar-refractivity contribution in [2.75, 3.05) is 13.7 Å². The largest absolute Gasteiger partial charge is 0.514 e. The van der Waals surface area contributed by atoms with Crippen LogP contribution in [0.25, 0.3) is 0 Å². The third kappa shape index (κ3) is 11.3. The van der Waals surface area contributed by atoms with Gasteiger partial charge in [-0.15, -0.1) is 0 Å². The first-order valence-electron chi connectivity index (χ1n) is 14.8. The highest BCUT2D eigenvalue weighted by Gasteiger charge is 2.53. The highest BCUT2D eigenvalue weighted by atomic mass is 28.3. The Morgan fingerprint density at radius 3 is 2.14 bits per heavy atom. The zero-order valence-electron chi connectivity index (χ0n) is 27.6. The van der Waals surface area contributed by atoms with Crippen LogP contribution in [0.15, 0.2) is 42.5 Å². The normalized spacial score (nSPS) is 20.3.